The van der Waals surface area contributed by atoms with E-state index < -0.39 is 6.10 Å². The largest absolute Gasteiger partial charge is 0.462 e. The fourth-order valence-electron chi connectivity index (χ4n) is 7.64. The van der Waals surface area contributed by atoms with Crippen molar-refractivity contribution in [1.29, 1.82) is 0 Å². The summed E-state index contributed by atoms with van der Waals surface area (Å²) in [4.78, 5) is 25.4. The van der Waals surface area contributed by atoms with Gasteiger partial charge in [0.15, 0.2) is 6.10 Å². The van der Waals surface area contributed by atoms with Gasteiger partial charge in [0, 0.05) is 19.4 Å². The van der Waals surface area contributed by atoms with Gasteiger partial charge in [0.25, 0.3) is 0 Å². The first-order chi connectivity index (χ1) is 29.6. The van der Waals surface area contributed by atoms with Crippen LogP contribution in [0.4, 0.5) is 0 Å². The number of rotatable bonds is 49. The van der Waals surface area contributed by atoms with Crippen LogP contribution in [0.5, 0.6) is 0 Å². The van der Waals surface area contributed by atoms with Crippen LogP contribution in [0.1, 0.15) is 278 Å². The summed E-state index contributed by atoms with van der Waals surface area (Å²) in [6.07, 6.45) is 61.5. The minimum atomic E-state index is -0.535. The zero-order chi connectivity index (χ0) is 43.5. The maximum absolute atomic E-state index is 12.8. The number of carbonyl (C=O) groups excluding carboxylic acids is 2. The van der Waals surface area contributed by atoms with Gasteiger partial charge in [-0.3, -0.25) is 9.59 Å². The Bertz CT molecular complexity index is 955. The fraction of sp³-hybridized carbons (Fsp3) is 0.855. The lowest BCUT2D eigenvalue weighted by molar-refractivity contribution is -0.163. The molecule has 1 atom stereocenters. The highest BCUT2D eigenvalue weighted by molar-refractivity contribution is 5.70. The quantitative estimate of drug-likeness (QED) is 0.0347. The van der Waals surface area contributed by atoms with Crippen LogP contribution in [-0.4, -0.2) is 37.9 Å². The van der Waals surface area contributed by atoms with Crippen LogP contribution in [0.25, 0.3) is 0 Å². The number of esters is 2. The average molecular weight is 843 g/mol. The standard InChI is InChI=1S/C55H102O5/c1-4-7-10-13-16-19-22-25-26-27-28-29-30-32-33-36-39-42-45-48-54(56)59-52-53(51-58-50-47-44-41-38-35-24-21-18-15-12-9-6-3)60-55(57)49-46-43-40-37-34-31-23-20-17-14-11-8-5-2/h15-16,18-19,25-26,53H,4-14,17,20-24,27-52H2,1-3H3/b18-15-,19-16-,26-25-. The molecule has 5 heteroatoms. The summed E-state index contributed by atoms with van der Waals surface area (Å²) in [5.41, 5.74) is 0. The summed E-state index contributed by atoms with van der Waals surface area (Å²) < 4.78 is 17.4. The minimum absolute atomic E-state index is 0.0853. The van der Waals surface area contributed by atoms with Crippen molar-refractivity contribution in [3.63, 3.8) is 0 Å². The van der Waals surface area contributed by atoms with Crippen LogP contribution in [0.3, 0.4) is 0 Å². The highest BCUT2D eigenvalue weighted by atomic mass is 16.6. The molecule has 0 bridgehead atoms. The Morgan fingerprint density at radius 3 is 1.20 bits per heavy atom. The van der Waals surface area contributed by atoms with Crippen molar-refractivity contribution in [2.45, 2.75) is 284 Å². The second-order valence-electron chi connectivity index (χ2n) is 17.8. The van der Waals surface area contributed by atoms with Crippen molar-refractivity contribution in [2.75, 3.05) is 19.8 Å². The van der Waals surface area contributed by atoms with E-state index in [4.69, 9.17) is 14.2 Å². The van der Waals surface area contributed by atoms with E-state index in [-0.39, 0.29) is 25.2 Å². The van der Waals surface area contributed by atoms with Crippen molar-refractivity contribution in [3.05, 3.63) is 36.5 Å². The number of unbranched alkanes of at least 4 members (excludes halogenated alkanes) is 32. The predicted molar refractivity (Wildman–Crippen MR) is 261 cm³/mol. The first-order valence-electron chi connectivity index (χ1n) is 26.5. The van der Waals surface area contributed by atoms with Gasteiger partial charge >= 0.3 is 11.9 Å². The van der Waals surface area contributed by atoms with Gasteiger partial charge in [0.1, 0.15) is 6.61 Å². The lowest BCUT2D eigenvalue weighted by atomic mass is 10.0. The number of allylic oxidation sites excluding steroid dienone is 6. The summed E-state index contributed by atoms with van der Waals surface area (Å²) in [5, 5.41) is 0. The van der Waals surface area contributed by atoms with Crippen molar-refractivity contribution in [1.82, 2.24) is 0 Å². The normalized spacial score (nSPS) is 12.4. The molecule has 352 valence electrons. The molecule has 0 aromatic rings. The number of hydrogen-bond donors (Lipinski definition) is 0. The highest BCUT2D eigenvalue weighted by Crippen LogP contribution is 2.15. The summed E-state index contributed by atoms with van der Waals surface area (Å²) >= 11 is 0. The fourth-order valence-corrected chi connectivity index (χ4v) is 7.64. The van der Waals surface area contributed by atoms with Gasteiger partial charge in [-0.05, 0) is 70.6 Å². The minimum Gasteiger partial charge on any atom is -0.462 e. The van der Waals surface area contributed by atoms with Crippen LogP contribution in [0, 0.1) is 0 Å². The molecule has 0 aliphatic rings. The molecule has 0 heterocycles. The smallest absolute Gasteiger partial charge is 0.306 e. The first kappa shape index (κ1) is 58.1. The van der Waals surface area contributed by atoms with Gasteiger partial charge in [0.05, 0.1) is 6.61 Å². The van der Waals surface area contributed by atoms with Gasteiger partial charge in [-0.1, -0.05) is 231 Å². The molecule has 1 unspecified atom stereocenters. The molecule has 0 radical (unpaired) electrons. The summed E-state index contributed by atoms with van der Waals surface area (Å²) in [6.45, 7) is 7.80. The Morgan fingerprint density at radius 2 is 0.717 bits per heavy atom. The predicted octanol–water partition coefficient (Wildman–Crippen LogP) is 17.8. The van der Waals surface area contributed by atoms with E-state index in [0.717, 1.165) is 44.9 Å². The Morgan fingerprint density at radius 1 is 0.367 bits per heavy atom. The molecule has 0 aromatic carbocycles. The van der Waals surface area contributed by atoms with Crippen molar-refractivity contribution >= 4 is 11.9 Å². The molecule has 5 nitrogen and oxygen atoms in total. The maximum atomic E-state index is 12.8. The van der Waals surface area contributed by atoms with Gasteiger partial charge in [-0.25, -0.2) is 0 Å². The maximum Gasteiger partial charge on any atom is 0.306 e. The monoisotopic (exact) mass is 843 g/mol. The molecule has 60 heavy (non-hydrogen) atoms. The lowest BCUT2D eigenvalue weighted by Crippen LogP contribution is -2.30. The van der Waals surface area contributed by atoms with Crippen molar-refractivity contribution < 1.29 is 23.8 Å². The highest BCUT2D eigenvalue weighted by Gasteiger charge is 2.17. The third-order valence-corrected chi connectivity index (χ3v) is 11.6. The topological polar surface area (TPSA) is 61.8 Å². The van der Waals surface area contributed by atoms with Crippen LogP contribution < -0.4 is 0 Å². The van der Waals surface area contributed by atoms with Crippen molar-refractivity contribution in [3.8, 4) is 0 Å². The van der Waals surface area contributed by atoms with E-state index in [1.807, 2.05) is 0 Å². The molecule has 0 aliphatic carbocycles. The third kappa shape index (κ3) is 48.8. The number of ether oxygens (including phenoxy) is 3. The number of carbonyl (C=O) groups is 2. The molecule has 0 saturated heterocycles. The number of hydrogen-bond acceptors (Lipinski definition) is 5. The molecule has 0 aromatic heterocycles. The summed E-state index contributed by atoms with van der Waals surface area (Å²) in [7, 11) is 0. The molecular formula is C55H102O5. The first-order valence-corrected chi connectivity index (χ1v) is 26.5. The van der Waals surface area contributed by atoms with Crippen LogP contribution in [0.15, 0.2) is 36.5 Å². The zero-order valence-corrected chi connectivity index (χ0v) is 40.5. The summed E-state index contributed by atoms with van der Waals surface area (Å²) in [6, 6.07) is 0. The van der Waals surface area contributed by atoms with E-state index in [0.29, 0.717) is 19.4 Å². The van der Waals surface area contributed by atoms with E-state index in [9.17, 15) is 9.59 Å². The van der Waals surface area contributed by atoms with E-state index >= 15 is 0 Å². The Hall–Kier alpha value is -1.88. The van der Waals surface area contributed by atoms with E-state index in [2.05, 4.69) is 57.2 Å². The SMILES string of the molecule is CCCC/C=C\CCCCCCCCOCC(COC(=O)CCCCCCCCCCC/C=C\C/C=C\CCCCC)OC(=O)CCCCCCCCCCCCCCC. The van der Waals surface area contributed by atoms with Gasteiger partial charge < -0.3 is 14.2 Å². The van der Waals surface area contributed by atoms with Crippen molar-refractivity contribution in [2.24, 2.45) is 0 Å². The van der Waals surface area contributed by atoms with Crippen LogP contribution in [-0.2, 0) is 23.8 Å². The van der Waals surface area contributed by atoms with Gasteiger partial charge in [-0.15, -0.1) is 0 Å². The van der Waals surface area contributed by atoms with Gasteiger partial charge in [0.2, 0.25) is 0 Å². The van der Waals surface area contributed by atoms with E-state index in [1.54, 1.807) is 0 Å². The van der Waals surface area contributed by atoms with Gasteiger partial charge in [-0.2, -0.15) is 0 Å². The molecule has 0 amide bonds. The molecule has 0 saturated carbocycles. The molecule has 0 N–H and O–H groups in total. The second-order valence-corrected chi connectivity index (χ2v) is 17.8. The Kier molecular flexibility index (Phi) is 49.9. The zero-order valence-electron chi connectivity index (χ0n) is 40.5. The Balaban J connectivity index is 4.20. The molecule has 0 aliphatic heterocycles. The Labute approximate surface area is 374 Å². The molecule has 0 fully saturated rings. The van der Waals surface area contributed by atoms with E-state index in [1.165, 1.54) is 199 Å². The second kappa shape index (κ2) is 51.5. The van der Waals surface area contributed by atoms with Crippen LogP contribution in [0.2, 0.25) is 0 Å². The third-order valence-electron chi connectivity index (χ3n) is 11.6. The lowest BCUT2D eigenvalue weighted by Gasteiger charge is -2.18. The molecule has 0 rings (SSSR count). The van der Waals surface area contributed by atoms with Crippen LogP contribution >= 0.6 is 0 Å². The average Bonchev–Trinajstić information content (AvgIpc) is 3.25. The summed E-state index contributed by atoms with van der Waals surface area (Å²) in [5.74, 6) is -0.391. The molecule has 0 spiro atoms. The molecular weight excluding hydrogens is 741 g/mol.